The van der Waals surface area contributed by atoms with Crippen LogP contribution in [-0.4, -0.2) is 27.8 Å². The summed E-state index contributed by atoms with van der Waals surface area (Å²) in [7, 11) is 0. The van der Waals surface area contributed by atoms with Crippen LogP contribution >= 0.6 is 0 Å². The minimum atomic E-state index is -0.0211. The molecule has 2 atom stereocenters. The van der Waals surface area contributed by atoms with Crippen LogP contribution in [0, 0.1) is 0 Å². The summed E-state index contributed by atoms with van der Waals surface area (Å²) in [5.74, 6) is -0.0211. The van der Waals surface area contributed by atoms with Gasteiger partial charge in [-0.2, -0.15) is 5.10 Å². The van der Waals surface area contributed by atoms with Crippen molar-refractivity contribution in [2.75, 3.05) is 0 Å². The van der Waals surface area contributed by atoms with Crippen molar-refractivity contribution in [3.63, 3.8) is 0 Å². The van der Waals surface area contributed by atoms with Crippen LogP contribution in [0.4, 0.5) is 0 Å². The van der Waals surface area contributed by atoms with Gasteiger partial charge in [-0.15, -0.1) is 0 Å². The minimum absolute atomic E-state index is 0.00803. The number of fused-ring (bicyclic) bond motifs is 1. The Balaban J connectivity index is 1.97. The molecule has 1 fully saturated rings. The third kappa shape index (κ3) is 2.27. The zero-order valence-corrected chi connectivity index (χ0v) is 11.8. The molecule has 1 aromatic rings. The molecule has 2 aliphatic rings. The summed E-state index contributed by atoms with van der Waals surface area (Å²) in [4.78, 5) is 12.3. The molecule has 1 aliphatic heterocycles. The van der Waals surface area contributed by atoms with Crippen LogP contribution in [0.2, 0.25) is 0 Å². The molecule has 5 nitrogen and oxygen atoms in total. The standard InChI is InChI=1S/C14H21N3O2/c1-4-17-13-9(3)19-8(2)7-11(13)12(16-17)14(18)15-10-5-6-10/h8-10H,4-7H2,1-3H3,(H,15,18)/t8-,9+/m1/s1. The molecule has 0 saturated heterocycles. The van der Waals surface area contributed by atoms with Crippen molar-refractivity contribution in [1.29, 1.82) is 0 Å². The predicted molar refractivity (Wildman–Crippen MR) is 71.1 cm³/mol. The van der Waals surface area contributed by atoms with E-state index in [-0.39, 0.29) is 18.1 Å². The van der Waals surface area contributed by atoms with Gasteiger partial charge in [-0.05, 0) is 33.6 Å². The summed E-state index contributed by atoms with van der Waals surface area (Å²) in [6.07, 6.45) is 3.11. The molecule has 1 N–H and O–H groups in total. The van der Waals surface area contributed by atoms with E-state index in [1.54, 1.807) is 0 Å². The minimum Gasteiger partial charge on any atom is -0.369 e. The number of nitrogens with zero attached hydrogens (tertiary/aromatic N) is 2. The Morgan fingerprint density at radius 1 is 1.47 bits per heavy atom. The van der Waals surface area contributed by atoms with E-state index in [4.69, 9.17) is 4.74 Å². The van der Waals surface area contributed by atoms with E-state index in [0.29, 0.717) is 11.7 Å². The first-order valence-electron chi connectivity index (χ1n) is 7.16. The van der Waals surface area contributed by atoms with E-state index in [2.05, 4.69) is 10.4 Å². The molecular formula is C14H21N3O2. The fourth-order valence-electron chi connectivity index (χ4n) is 2.82. The molecule has 1 aromatic heterocycles. The van der Waals surface area contributed by atoms with E-state index in [0.717, 1.165) is 37.1 Å². The van der Waals surface area contributed by atoms with Crippen molar-refractivity contribution in [3.8, 4) is 0 Å². The highest BCUT2D eigenvalue weighted by atomic mass is 16.5. The summed E-state index contributed by atoms with van der Waals surface area (Å²) in [5.41, 5.74) is 2.75. The second kappa shape index (κ2) is 4.63. The average molecular weight is 263 g/mol. The molecule has 0 bridgehead atoms. The number of rotatable bonds is 3. The van der Waals surface area contributed by atoms with E-state index in [9.17, 15) is 4.79 Å². The molecule has 0 aromatic carbocycles. The molecule has 0 spiro atoms. The molecule has 0 unspecified atom stereocenters. The third-order valence-electron chi connectivity index (χ3n) is 3.83. The number of carbonyl (C=O) groups is 1. The SMILES string of the molecule is CCn1nc(C(=O)NC2CC2)c2c1[C@H](C)O[C@H](C)C2. The molecule has 1 saturated carbocycles. The Morgan fingerprint density at radius 2 is 2.21 bits per heavy atom. The zero-order chi connectivity index (χ0) is 13.6. The Hall–Kier alpha value is -1.36. The van der Waals surface area contributed by atoms with Crippen LogP contribution in [-0.2, 0) is 17.7 Å². The maximum atomic E-state index is 12.3. The lowest BCUT2D eigenvalue weighted by Gasteiger charge is -2.26. The normalized spacial score (nSPS) is 26.1. The topological polar surface area (TPSA) is 56.2 Å². The molecule has 1 amide bonds. The molecule has 5 heteroatoms. The highest BCUT2D eigenvalue weighted by Gasteiger charge is 2.33. The number of aryl methyl sites for hydroxylation is 1. The molecule has 104 valence electrons. The quantitative estimate of drug-likeness (QED) is 0.905. The number of amides is 1. The van der Waals surface area contributed by atoms with Crippen LogP contribution in [0.1, 0.15) is 61.5 Å². The van der Waals surface area contributed by atoms with Gasteiger partial charge >= 0.3 is 0 Å². The van der Waals surface area contributed by atoms with E-state index in [1.165, 1.54) is 0 Å². The molecule has 19 heavy (non-hydrogen) atoms. The van der Waals surface area contributed by atoms with E-state index >= 15 is 0 Å². The first kappa shape index (κ1) is 12.7. The number of carbonyl (C=O) groups excluding carboxylic acids is 1. The van der Waals surface area contributed by atoms with Gasteiger partial charge in [0.05, 0.1) is 17.9 Å². The van der Waals surface area contributed by atoms with E-state index in [1.807, 2.05) is 25.5 Å². The summed E-state index contributed by atoms with van der Waals surface area (Å²) in [6.45, 7) is 6.89. The summed E-state index contributed by atoms with van der Waals surface area (Å²) < 4.78 is 7.76. The van der Waals surface area contributed by atoms with Gasteiger partial charge in [0.15, 0.2) is 5.69 Å². The fraction of sp³-hybridized carbons (Fsp3) is 0.714. The Kier molecular flexibility index (Phi) is 3.09. The van der Waals surface area contributed by atoms with E-state index < -0.39 is 0 Å². The highest BCUT2D eigenvalue weighted by Crippen LogP contribution is 2.32. The summed E-state index contributed by atoms with van der Waals surface area (Å²) in [6, 6.07) is 0.365. The smallest absolute Gasteiger partial charge is 0.272 e. The fourth-order valence-corrected chi connectivity index (χ4v) is 2.82. The first-order chi connectivity index (χ1) is 9.10. The van der Waals surface area contributed by atoms with Crippen molar-refractivity contribution in [3.05, 3.63) is 17.0 Å². The third-order valence-corrected chi connectivity index (χ3v) is 3.83. The van der Waals surface area contributed by atoms with Crippen molar-refractivity contribution in [2.24, 2.45) is 0 Å². The maximum absolute atomic E-state index is 12.3. The van der Waals surface area contributed by atoms with Gasteiger partial charge < -0.3 is 10.1 Å². The van der Waals surface area contributed by atoms with Gasteiger partial charge in [-0.25, -0.2) is 0 Å². The number of hydrogen-bond acceptors (Lipinski definition) is 3. The van der Waals surface area contributed by atoms with Crippen LogP contribution in [0.3, 0.4) is 0 Å². The largest absolute Gasteiger partial charge is 0.369 e. The monoisotopic (exact) mass is 263 g/mol. The van der Waals surface area contributed by atoms with Crippen molar-refractivity contribution in [2.45, 2.75) is 64.8 Å². The zero-order valence-electron chi connectivity index (χ0n) is 11.8. The second-order valence-electron chi connectivity index (χ2n) is 5.57. The Morgan fingerprint density at radius 3 is 2.84 bits per heavy atom. The highest BCUT2D eigenvalue weighted by molar-refractivity contribution is 5.94. The van der Waals surface area contributed by atoms with Crippen molar-refractivity contribution >= 4 is 5.91 Å². The Bertz CT molecular complexity index is 505. The van der Waals surface area contributed by atoms with Gasteiger partial charge in [-0.1, -0.05) is 0 Å². The molecule has 0 radical (unpaired) electrons. The average Bonchev–Trinajstić information content (AvgIpc) is 3.07. The van der Waals surface area contributed by atoms with Crippen LogP contribution in [0.5, 0.6) is 0 Å². The summed E-state index contributed by atoms with van der Waals surface area (Å²) in [5, 5.41) is 7.53. The van der Waals surface area contributed by atoms with Gasteiger partial charge in [0.2, 0.25) is 0 Å². The first-order valence-corrected chi connectivity index (χ1v) is 7.16. The number of aromatic nitrogens is 2. The number of hydrogen-bond donors (Lipinski definition) is 1. The Labute approximate surface area is 113 Å². The number of ether oxygens (including phenoxy) is 1. The number of nitrogens with one attached hydrogen (secondary N) is 1. The van der Waals surface area contributed by atoms with Crippen LogP contribution in [0.25, 0.3) is 0 Å². The predicted octanol–water partition coefficient (Wildman–Crippen LogP) is 1.82. The van der Waals surface area contributed by atoms with Crippen LogP contribution in [0.15, 0.2) is 0 Å². The lowest BCUT2D eigenvalue weighted by atomic mass is 9.99. The lowest BCUT2D eigenvalue weighted by molar-refractivity contribution is -0.00948. The van der Waals surface area contributed by atoms with Crippen LogP contribution < -0.4 is 5.32 Å². The van der Waals surface area contributed by atoms with Crippen molar-refractivity contribution in [1.82, 2.24) is 15.1 Å². The van der Waals surface area contributed by atoms with Gasteiger partial charge in [0.1, 0.15) is 0 Å². The second-order valence-corrected chi connectivity index (χ2v) is 5.57. The molecule has 1 aliphatic carbocycles. The maximum Gasteiger partial charge on any atom is 0.272 e. The van der Waals surface area contributed by atoms with Crippen molar-refractivity contribution < 1.29 is 9.53 Å². The molecule has 3 rings (SSSR count). The lowest BCUT2D eigenvalue weighted by Crippen LogP contribution is -2.29. The van der Waals surface area contributed by atoms with Gasteiger partial charge in [0.25, 0.3) is 5.91 Å². The summed E-state index contributed by atoms with van der Waals surface area (Å²) >= 11 is 0. The van der Waals surface area contributed by atoms with Gasteiger partial charge in [-0.3, -0.25) is 9.48 Å². The molecule has 2 heterocycles. The van der Waals surface area contributed by atoms with Gasteiger partial charge in [0, 0.05) is 24.6 Å². The molecular weight excluding hydrogens is 242 g/mol.